The predicted molar refractivity (Wildman–Crippen MR) is 229 cm³/mol. The molecule has 0 saturated carbocycles. The largest absolute Gasteiger partial charge is 0.496 e. The zero-order valence-corrected chi connectivity index (χ0v) is 34.3. The van der Waals surface area contributed by atoms with Crippen molar-refractivity contribution in [3.05, 3.63) is 146 Å². The number of aromatic nitrogens is 4. The first-order valence-corrected chi connectivity index (χ1v) is 21.0. The molecule has 3 aromatic heterocycles. The highest BCUT2D eigenvalue weighted by Gasteiger charge is 2.27. The van der Waals surface area contributed by atoms with Crippen LogP contribution in [0.15, 0.2) is 114 Å². The number of thiazole rings is 2. The second kappa shape index (κ2) is 16.8. The summed E-state index contributed by atoms with van der Waals surface area (Å²) in [4.78, 5) is 12.7. The van der Waals surface area contributed by atoms with Crippen LogP contribution >= 0.6 is 38.6 Å². The maximum absolute atomic E-state index is 5.65. The van der Waals surface area contributed by atoms with Crippen molar-refractivity contribution in [1.29, 1.82) is 0 Å². The predicted octanol–water partition coefficient (Wildman–Crippen LogP) is 11.9. The van der Waals surface area contributed by atoms with Crippen LogP contribution in [0.2, 0.25) is 0 Å². The van der Waals surface area contributed by atoms with Crippen LogP contribution in [0.4, 0.5) is 21.6 Å². The fraction of sp³-hybridized carbons (Fsp3) is 0.250. The van der Waals surface area contributed by atoms with Crippen molar-refractivity contribution >= 4 is 60.2 Å². The van der Waals surface area contributed by atoms with Crippen molar-refractivity contribution in [1.82, 2.24) is 19.7 Å². The lowest BCUT2D eigenvalue weighted by atomic mass is 9.85. The highest BCUT2D eigenvalue weighted by atomic mass is 79.9. The number of aryl methyl sites for hydroxylation is 3. The van der Waals surface area contributed by atoms with Crippen LogP contribution < -0.4 is 20.1 Å². The van der Waals surface area contributed by atoms with Gasteiger partial charge in [0, 0.05) is 69.5 Å². The second-order valence-corrected chi connectivity index (χ2v) is 16.8. The molecular formula is C44H43BrN6O2S2. The molecule has 3 heterocycles. The van der Waals surface area contributed by atoms with Gasteiger partial charge in [-0.05, 0) is 89.8 Å². The van der Waals surface area contributed by atoms with Gasteiger partial charge in [0.05, 0.1) is 36.3 Å². The summed E-state index contributed by atoms with van der Waals surface area (Å²) in [6.45, 7) is 0. The summed E-state index contributed by atoms with van der Waals surface area (Å²) in [5, 5.41) is 13.1. The lowest BCUT2D eigenvalue weighted by Gasteiger charge is -2.21. The molecule has 2 aliphatic rings. The molecule has 9 rings (SSSR count). The summed E-state index contributed by atoms with van der Waals surface area (Å²) in [7, 11) is 5.29. The van der Waals surface area contributed by atoms with Gasteiger partial charge in [-0.3, -0.25) is 4.68 Å². The molecule has 0 fully saturated rings. The number of halogens is 1. The van der Waals surface area contributed by atoms with Gasteiger partial charge in [-0.15, -0.1) is 22.7 Å². The van der Waals surface area contributed by atoms with Crippen molar-refractivity contribution < 1.29 is 9.47 Å². The van der Waals surface area contributed by atoms with Crippen LogP contribution in [0.3, 0.4) is 0 Å². The van der Waals surface area contributed by atoms with E-state index in [1.54, 1.807) is 41.6 Å². The Labute approximate surface area is 338 Å². The molecule has 2 N–H and O–H groups in total. The van der Waals surface area contributed by atoms with Crippen molar-refractivity contribution in [3.8, 4) is 22.6 Å². The third kappa shape index (κ3) is 8.34. The molecule has 0 radical (unpaired) electrons. The minimum Gasteiger partial charge on any atom is -0.496 e. The number of hydrogen-bond acceptors (Lipinski definition) is 9. The van der Waals surface area contributed by atoms with E-state index in [0.29, 0.717) is 11.8 Å². The number of nitrogens with zero attached hydrogens (tertiary/aromatic N) is 4. The highest BCUT2D eigenvalue weighted by molar-refractivity contribution is 9.10. The Bertz CT molecular complexity index is 2370. The Balaban J connectivity index is 0.000000158. The van der Waals surface area contributed by atoms with Gasteiger partial charge in [-0.1, -0.05) is 60.7 Å². The molecule has 0 amide bonds. The SMILES string of the molecule is COc1cc(Nc2nc3c(s2)CCCC3c2ccccc2)ccc1-c1cnn(C)c1.COc1cc(Nc2nc3c(s2)CCCC3c2ccccc2)ccc1Br. The number of hydrogen-bond donors (Lipinski definition) is 2. The molecule has 0 spiro atoms. The number of nitrogens with one attached hydrogen (secondary N) is 2. The molecule has 0 saturated heterocycles. The third-order valence-electron chi connectivity index (χ3n) is 10.2. The number of rotatable bonds is 9. The Morgan fingerprint density at radius 3 is 1.73 bits per heavy atom. The smallest absolute Gasteiger partial charge is 0.187 e. The first kappa shape index (κ1) is 37.0. The van der Waals surface area contributed by atoms with Gasteiger partial charge in [-0.2, -0.15) is 5.10 Å². The molecular weight excluding hydrogens is 789 g/mol. The first-order chi connectivity index (χ1) is 26.9. The molecule has 280 valence electrons. The maximum Gasteiger partial charge on any atom is 0.187 e. The van der Waals surface area contributed by atoms with Gasteiger partial charge in [0.15, 0.2) is 10.3 Å². The molecule has 11 heteroatoms. The van der Waals surface area contributed by atoms with E-state index in [1.165, 1.54) is 51.5 Å². The van der Waals surface area contributed by atoms with Crippen LogP contribution in [-0.4, -0.2) is 34.0 Å². The summed E-state index contributed by atoms with van der Waals surface area (Å²) in [5.74, 6) is 2.44. The van der Waals surface area contributed by atoms with Crippen LogP contribution in [0.25, 0.3) is 11.1 Å². The van der Waals surface area contributed by atoms with Gasteiger partial charge >= 0.3 is 0 Å². The first-order valence-electron chi connectivity index (χ1n) is 18.6. The Hall–Kier alpha value is -4.97. The molecule has 2 atom stereocenters. The van der Waals surface area contributed by atoms with E-state index in [0.717, 1.165) is 68.0 Å². The van der Waals surface area contributed by atoms with Crippen molar-refractivity contribution in [3.63, 3.8) is 0 Å². The zero-order valence-electron chi connectivity index (χ0n) is 31.1. The van der Waals surface area contributed by atoms with Gasteiger partial charge in [0.1, 0.15) is 11.5 Å². The van der Waals surface area contributed by atoms with E-state index in [1.807, 2.05) is 43.7 Å². The number of ether oxygens (including phenoxy) is 2. The van der Waals surface area contributed by atoms with Gasteiger partial charge in [-0.25, -0.2) is 9.97 Å². The Morgan fingerprint density at radius 2 is 1.22 bits per heavy atom. The molecule has 8 nitrogen and oxygen atoms in total. The average Bonchev–Trinajstić information content (AvgIpc) is 3.97. The van der Waals surface area contributed by atoms with E-state index in [4.69, 9.17) is 19.4 Å². The fourth-order valence-electron chi connectivity index (χ4n) is 7.52. The summed E-state index contributed by atoms with van der Waals surface area (Å²) < 4.78 is 13.8. The Kier molecular flexibility index (Phi) is 11.3. The molecule has 0 bridgehead atoms. The number of fused-ring (bicyclic) bond motifs is 2. The van der Waals surface area contributed by atoms with Crippen LogP contribution in [0.1, 0.15) is 69.8 Å². The number of benzene rings is 4. The number of methoxy groups -OCH3 is 2. The lowest BCUT2D eigenvalue weighted by molar-refractivity contribution is 0.412. The van der Waals surface area contributed by atoms with Crippen molar-refractivity contribution in [2.24, 2.45) is 7.05 Å². The average molecular weight is 832 g/mol. The monoisotopic (exact) mass is 830 g/mol. The van der Waals surface area contributed by atoms with E-state index < -0.39 is 0 Å². The number of anilines is 4. The van der Waals surface area contributed by atoms with Gasteiger partial charge in [0.2, 0.25) is 0 Å². The quantitative estimate of drug-likeness (QED) is 0.150. The van der Waals surface area contributed by atoms with Crippen molar-refractivity contribution in [2.75, 3.05) is 24.9 Å². The van der Waals surface area contributed by atoms with Gasteiger partial charge < -0.3 is 20.1 Å². The van der Waals surface area contributed by atoms with Crippen LogP contribution in [0, 0.1) is 0 Å². The van der Waals surface area contributed by atoms with E-state index in [-0.39, 0.29) is 0 Å². The molecule has 7 aromatic rings. The normalized spacial score (nSPS) is 15.9. The van der Waals surface area contributed by atoms with Gasteiger partial charge in [0.25, 0.3) is 0 Å². The molecule has 2 aliphatic carbocycles. The molecule has 4 aromatic carbocycles. The zero-order chi connectivity index (χ0) is 37.7. The fourth-order valence-corrected chi connectivity index (χ4v) is 10.1. The lowest BCUT2D eigenvalue weighted by Crippen LogP contribution is -2.09. The van der Waals surface area contributed by atoms with E-state index >= 15 is 0 Å². The van der Waals surface area contributed by atoms with E-state index in [9.17, 15) is 0 Å². The summed E-state index contributed by atoms with van der Waals surface area (Å²) in [6, 6.07) is 33.6. The summed E-state index contributed by atoms with van der Waals surface area (Å²) in [5.41, 5.74) is 9.23. The van der Waals surface area contributed by atoms with E-state index in [2.05, 4.69) is 104 Å². The minimum absolute atomic E-state index is 0.393. The molecule has 2 unspecified atom stereocenters. The summed E-state index contributed by atoms with van der Waals surface area (Å²) >= 11 is 7.03. The maximum atomic E-state index is 5.65. The minimum atomic E-state index is 0.393. The second-order valence-electron chi connectivity index (χ2n) is 13.8. The van der Waals surface area contributed by atoms with Crippen LogP contribution in [0.5, 0.6) is 11.5 Å². The summed E-state index contributed by atoms with van der Waals surface area (Å²) in [6.07, 6.45) is 10.8. The molecule has 0 aliphatic heterocycles. The highest BCUT2D eigenvalue weighted by Crippen LogP contribution is 2.43. The molecule has 55 heavy (non-hydrogen) atoms. The standard InChI is InChI=1S/C24H24N4OS.C20H19BrN2OS/c1-28-15-17(14-25-28)19-12-11-18(13-21(19)29-2)26-24-27-23-20(9-6-10-22(23)30-24)16-7-4-3-5-8-16;1-24-17-12-14(10-11-16(17)21)22-20-23-19-15(8-5-9-18(19)25-20)13-6-3-2-4-7-13/h3-5,7-8,11-15,20H,6,9-10H2,1-2H3,(H,26,27);2-4,6-7,10-12,15H,5,8-9H2,1H3,(H,22,23). The van der Waals surface area contributed by atoms with Crippen molar-refractivity contribution in [2.45, 2.75) is 50.4 Å². The topological polar surface area (TPSA) is 86.1 Å². The van der Waals surface area contributed by atoms with Crippen LogP contribution in [-0.2, 0) is 19.9 Å². The third-order valence-corrected chi connectivity index (χ3v) is 12.9. The Morgan fingerprint density at radius 1 is 0.691 bits per heavy atom.